The van der Waals surface area contributed by atoms with Crippen LogP contribution in [0.3, 0.4) is 0 Å². The minimum Gasteiger partial charge on any atom is -0.395 e. The summed E-state index contributed by atoms with van der Waals surface area (Å²) in [6.07, 6.45) is 5.97. The number of hydrogen-bond donors (Lipinski definition) is 1. The highest BCUT2D eigenvalue weighted by Gasteiger charge is 1.98. The molecule has 0 aromatic heterocycles. The van der Waals surface area contributed by atoms with Gasteiger partial charge in [0.25, 0.3) is 0 Å². The summed E-state index contributed by atoms with van der Waals surface area (Å²) in [4.78, 5) is 1.99. The van der Waals surface area contributed by atoms with Crippen LogP contribution < -0.4 is 0 Å². The van der Waals surface area contributed by atoms with Gasteiger partial charge in [-0.3, -0.25) is 0 Å². The molecule has 0 aliphatic carbocycles. The van der Waals surface area contributed by atoms with Crippen molar-refractivity contribution < 1.29 is 5.11 Å². The van der Waals surface area contributed by atoms with Crippen LogP contribution in [-0.2, 0) is 0 Å². The summed E-state index contributed by atoms with van der Waals surface area (Å²) in [6.45, 7) is 8.56. The first-order valence-corrected chi connectivity index (χ1v) is 4.43. The molecule has 0 unspecified atom stereocenters. The van der Waals surface area contributed by atoms with Crippen LogP contribution in [0.2, 0.25) is 0 Å². The van der Waals surface area contributed by atoms with E-state index in [-0.39, 0.29) is 6.61 Å². The minimum atomic E-state index is 0.168. The molecule has 2 heteroatoms. The van der Waals surface area contributed by atoms with E-state index in [4.69, 9.17) is 5.11 Å². The Balaban J connectivity index is 4.50. The maximum Gasteiger partial charge on any atom is 0.0606 e. The van der Waals surface area contributed by atoms with Gasteiger partial charge in [-0.1, -0.05) is 18.2 Å². The Morgan fingerprint density at radius 3 is 2.54 bits per heavy atom. The Hall–Kier alpha value is -1.02. The van der Waals surface area contributed by atoms with Gasteiger partial charge in [0.05, 0.1) is 6.61 Å². The van der Waals surface area contributed by atoms with Crippen molar-refractivity contribution >= 4 is 0 Å². The van der Waals surface area contributed by atoms with Crippen molar-refractivity contribution in [1.29, 1.82) is 0 Å². The summed E-state index contributed by atoms with van der Waals surface area (Å²) in [7, 11) is 1.95. The number of nitrogens with zero attached hydrogens (tertiary/aromatic N) is 1. The molecule has 0 aliphatic heterocycles. The highest BCUT2D eigenvalue weighted by atomic mass is 16.3. The lowest BCUT2D eigenvalue weighted by molar-refractivity contribution is 0.249. The van der Waals surface area contributed by atoms with Crippen LogP contribution in [0.4, 0.5) is 0 Å². The van der Waals surface area contributed by atoms with E-state index in [0.29, 0.717) is 6.54 Å². The maximum atomic E-state index is 8.77. The van der Waals surface area contributed by atoms with Gasteiger partial charge in [-0.2, -0.15) is 0 Å². The molecule has 0 aliphatic rings. The average molecular weight is 181 g/mol. The zero-order valence-corrected chi connectivity index (χ0v) is 8.75. The van der Waals surface area contributed by atoms with Gasteiger partial charge in [-0.05, 0) is 26.0 Å². The van der Waals surface area contributed by atoms with Crippen molar-refractivity contribution in [2.45, 2.75) is 13.8 Å². The van der Waals surface area contributed by atoms with Gasteiger partial charge >= 0.3 is 0 Å². The van der Waals surface area contributed by atoms with Gasteiger partial charge in [0.15, 0.2) is 0 Å². The SMILES string of the molecule is C=C(C)/C=C(\C=C/C)N(C)CCO. The molecule has 13 heavy (non-hydrogen) atoms. The number of hydrogen-bond acceptors (Lipinski definition) is 2. The first-order valence-electron chi connectivity index (χ1n) is 4.43. The second-order valence-electron chi connectivity index (χ2n) is 3.06. The molecule has 0 aromatic rings. The first kappa shape index (κ1) is 12.0. The molecular weight excluding hydrogens is 162 g/mol. The summed E-state index contributed by atoms with van der Waals surface area (Å²) >= 11 is 0. The highest BCUT2D eigenvalue weighted by Crippen LogP contribution is 2.06. The smallest absolute Gasteiger partial charge is 0.0606 e. The molecular formula is C11H19NO. The van der Waals surface area contributed by atoms with Crippen molar-refractivity contribution in [3.8, 4) is 0 Å². The molecule has 0 rings (SSSR count). The summed E-state index contributed by atoms with van der Waals surface area (Å²) < 4.78 is 0. The number of allylic oxidation sites excluding steroid dienone is 4. The minimum absolute atomic E-state index is 0.168. The third-order valence-electron chi connectivity index (χ3n) is 1.61. The quantitative estimate of drug-likeness (QED) is 0.655. The van der Waals surface area contributed by atoms with Gasteiger partial charge < -0.3 is 10.0 Å². The highest BCUT2D eigenvalue weighted by molar-refractivity contribution is 5.26. The van der Waals surface area contributed by atoms with E-state index in [2.05, 4.69) is 6.58 Å². The topological polar surface area (TPSA) is 23.5 Å². The van der Waals surface area contributed by atoms with Crippen molar-refractivity contribution in [2.75, 3.05) is 20.2 Å². The van der Waals surface area contributed by atoms with Crippen molar-refractivity contribution in [3.63, 3.8) is 0 Å². The average Bonchev–Trinajstić information content (AvgIpc) is 2.03. The predicted molar refractivity (Wildman–Crippen MR) is 57.4 cm³/mol. The van der Waals surface area contributed by atoms with E-state index in [1.807, 2.05) is 44.0 Å². The predicted octanol–water partition coefficient (Wildman–Crippen LogP) is 1.95. The molecule has 0 bridgehead atoms. The second kappa shape index (κ2) is 6.49. The van der Waals surface area contributed by atoms with Gasteiger partial charge in [-0.15, -0.1) is 0 Å². The monoisotopic (exact) mass is 181 g/mol. The lowest BCUT2D eigenvalue weighted by Crippen LogP contribution is -2.20. The van der Waals surface area contributed by atoms with E-state index in [0.717, 1.165) is 11.3 Å². The van der Waals surface area contributed by atoms with Crippen molar-refractivity contribution in [2.24, 2.45) is 0 Å². The van der Waals surface area contributed by atoms with Crippen LogP contribution >= 0.6 is 0 Å². The number of aliphatic hydroxyl groups is 1. The molecule has 0 amide bonds. The number of aliphatic hydroxyl groups excluding tert-OH is 1. The van der Waals surface area contributed by atoms with Crippen LogP contribution in [0, 0.1) is 0 Å². The Morgan fingerprint density at radius 2 is 2.15 bits per heavy atom. The Labute approximate surface area is 80.9 Å². The zero-order valence-electron chi connectivity index (χ0n) is 8.75. The standard InChI is InChI=1S/C11H19NO/c1-5-6-11(9-10(2)3)12(4)7-8-13/h5-6,9,13H,2,7-8H2,1,3-4H3/b6-5-,11-9+. The fraction of sp³-hybridized carbons (Fsp3) is 0.455. The zero-order chi connectivity index (χ0) is 10.3. The third-order valence-corrected chi connectivity index (χ3v) is 1.61. The molecule has 0 saturated heterocycles. The molecule has 0 fully saturated rings. The van der Waals surface area contributed by atoms with E-state index in [1.54, 1.807) is 0 Å². The Morgan fingerprint density at radius 1 is 1.54 bits per heavy atom. The van der Waals surface area contributed by atoms with E-state index in [1.165, 1.54) is 0 Å². The maximum absolute atomic E-state index is 8.77. The Kier molecular flexibility index (Phi) is 5.98. The molecule has 0 saturated carbocycles. The summed E-state index contributed by atoms with van der Waals surface area (Å²) in [5, 5.41) is 8.77. The molecule has 74 valence electrons. The molecule has 0 atom stereocenters. The summed E-state index contributed by atoms with van der Waals surface area (Å²) in [5.41, 5.74) is 2.09. The number of rotatable bonds is 5. The van der Waals surface area contributed by atoms with Crippen LogP contribution in [0.15, 0.2) is 36.1 Å². The van der Waals surface area contributed by atoms with Crippen LogP contribution in [-0.4, -0.2) is 30.2 Å². The van der Waals surface area contributed by atoms with Gasteiger partial charge in [0, 0.05) is 19.3 Å². The van der Waals surface area contributed by atoms with Crippen LogP contribution in [0.25, 0.3) is 0 Å². The Bertz CT molecular complexity index is 216. The lowest BCUT2D eigenvalue weighted by atomic mass is 10.2. The van der Waals surface area contributed by atoms with E-state index >= 15 is 0 Å². The second-order valence-corrected chi connectivity index (χ2v) is 3.06. The lowest BCUT2D eigenvalue weighted by Gasteiger charge is -2.19. The van der Waals surface area contributed by atoms with Crippen molar-refractivity contribution in [1.82, 2.24) is 4.90 Å². The molecule has 0 aromatic carbocycles. The fourth-order valence-corrected chi connectivity index (χ4v) is 0.988. The molecule has 1 N–H and O–H groups in total. The van der Waals surface area contributed by atoms with Gasteiger partial charge in [0.2, 0.25) is 0 Å². The summed E-state index contributed by atoms with van der Waals surface area (Å²) in [6, 6.07) is 0. The molecule has 0 radical (unpaired) electrons. The van der Waals surface area contributed by atoms with Crippen molar-refractivity contribution in [3.05, 3.63) is 36.1 Å². The third kappa shape index (κ3) is 5.26. The normalized spacial score (nSPS) is 12.2. The number of likely N-dealkylation sites (N-methyl/N-ethyl adjacent to an activating group) is 1. The van der Waals surface area contributed by atoms with E-state index in [9.17, 15) is 0 Å². The van der Waals surface area contributed by atoms with Crippen LogP contribution in [0.5, 0.6) is 0 Å². The van der Waals surface area contributed by atoms with E-state index < -0.39 is 0 Å². The van der Waals surface area contributed by atoms with Crippen LogP contribution in [0.1, 0.15) is 13.8 Å². The summed E-state index contributed by atoms with van der Waals surface area (Å²) in [5.74, 6) is 0. The molecule has 2 nitrogen and oxygen atoms in total. The fourth-order valence-electron chi connectivity index (χ4n) is 0.988. The van der Waals surface area contributed by atoms with Gasteiger partial charge in [0.1, 0.15) is 0 Å². The largest absolute Gasteiger partial charge is 0.395 e. The molecule has 0 heterocycles. The molecule has 0 spiro atoms. The van der Waals surface area contributed by atoms with Gasteiger partial charge in [-0.25, -0.2) is 0 Å². The first-order chi connectivity index (χ1) is 6.11.